The van der Waals surface area contributed by atoms with Crippen molar-refractivity contribution in [1.29, 1.82) is 0 Å². The predicted molar refractivity (Wildman–Crippen MR) is 162 cm³/mol. The number of hydrogen-bond acceptors (Lipinski definition) is 5. The highest BCUT2D eigenvalue weighted by Crippen LogP contribution is 2.32. The molecule has 0 bridgehead atoms. The number of hydrogen-bond donors (Lipinski definition) is 1. The lowest BCUT2D eigenvalue weighted by atomic mass is 10.1. The molecular weight excluding hydrogens is 581 g/mol. The quantitative estimate of drug-likeness (QED) is 0.140. The molecule has 1 N–H and O–H groups in total. The lowest BCUT2D eigenvalue weighted by Gasteiger charge is -2.26. The Morgan fingerprint density at radius 1 is 0.854 bits per heavy atom. The first-order valence-corrected chi connectivity index (χ1v) is 14.6. The van der Waals surface area contributed by atoms with Gasteiger partial charge in [-0.1, -0.05) is 83.9 Å². The number of rotatable bonds is 9. The Balaban J connectivity index is 1.41. The van der Waals surface area contributed by atoms with Gasteiger partial charge in [-0.3, -0.25) is 9.10 Å². The molecule has 0 unspecified atom stereocenters. The number of carbonyl (C=O) groups is 1. The molecule has 0 aliphatic carbocycles. The number of anilines is 1. The van der Waals surface area contributed by atoms with Crippen molar-refractivity contribution in [2.24, 2.45) is 5.10 Å². The lowest BCUT2D eigenvalue weighted by molar-refractivity contribution is 0.0955. The summed E-state index contributed by atoms with van der Waals surface area (Å²) in [6, 6.07) is 32.2. The number of halogens is 2. The molecule has 0 saturated carbocycles. The van der Waals surface area contributed by atoms with Crippen molar-refractivity contribution in [3.63, 3.8) is 0 Å². The summed E-state index contributed by atoms with van der Waals surface area (Å²) in [5.41, 5.74) is 4.24. The summed E-state index contributed by atoms with van der Waals surface area (Å²) in [5.74, 6) is 0.287. The second-order valence-electron chi connectivity index (χ2n) is 8.85. The van der Waals surface area contributed by atoms with E-state index >= 15 is 0 Å². The van der Waals surface area contributed by atoms with Crippen LogP contribution in [0.2, 0.25) is 10.0 Å². The van der Waals surface area contributed by atoms with E-state index in [1.165, 1.54) is 22.7 Å². The summed E-state index contributed by atoms with van der Waals surface area (Å²) < 4.78 is 34.6. The summed E-state index contributed by atoms with van der Waals surface area (Å²) in [6.45, 7) is 0.0219. The van der Waals surface area contributed by atoms with E-state index in [-0.39, 0.29) is 22.7 Å². The van der Waals surface area contributed by atoms with Crippen LogP contribution in [0, 0.1) is 0 Å². The van der Waals surface area contributed by atoms with E-state index in [1.807, 2.05) is 30.3 Å². The lowest BCUT2D eigenvalue weighted by Crippen LogP contribution is -2.33. The highest BCUT2D eigenvalue weighted by Gasteiger charge is 2.28. The smallest absolute Gasteiger partial charge is 0.273 e. The van der Waals surface area contributed by atoms with E-state index in [9.17, 15) is 13.2 Å². The molecule has 5 aromatic rings. The highest BCUT2D eigenvalue weighted by atomic mass is 35.5. The van der Waals surface area contributed by atoms with Gasteiger partial charge in [-0.05, 0) is 60.2 Å². The zero-order chi connectivity index (χ0) is 28.8. The Morgan fingerprint density at radius 3 is 2.27 bits per heavy atom. The molecule has 0 aliphatic rings. The molecule has 0 saturated heterocycles. The average molecular weight is 605 g/mol. The molecule has 0 spiro atoms. The van der Waals surface area contributed by atoms with Crippen molar-refractivity contribution < 1.29 is 17.6 Å². The fourth-order valence-corrected chi connectivity index (χ4v) is 6.12. The zero-order valence-electron chi connectivity index (χ0n) is 21.4. The number of carbonyl (C=O) groups excluding carboxylic acids is 1. The molecule has 7 nitrogen and oxygen atoms in total. The van der Waals surface area contributed by atoms with Crippen LogP contribution in [0.15, 0.2) is 130 Å². The molecule has 1 aromatic heterocycles. The summed E-state index contributed by atoms with van der Waals surface area (Å²) in [7, 11) is -4.02. The van der Waals surface area contributed by atoms with Gasteiger partial charge in [-0.25, -0.2) is 13.8 Å². The number of nitrogens with zero attached hydrogens (tertiary/aromatic N) is 2. The minimum absolute atomic E-state index is 0.0219. The van der Waals surface area contributed by atoms with Crippen molar-refractivity contribution in [1.82, 2.24) is 5.43 Å². The van der Waals surface area contributed by atoms with Crippen molar-refractivity contribution in [2.75, 3.05) is 4.31 Å². The third-order valence-corrected chi connectivity index (χ3v) is 8.42. The van der Waals surface area contributed by atoms with Crippen molar-refractivity contribution in [3.8, 4) is 11.3 Å². The van der Waals surface area contributed by atoms with Crippen LogP contribution >= 0.6 is 23.2 Å². The minimum Gasteiger partial charge on any atom is -0.455 e. The van der Waals surface area contributed by atoms with E-state index in [0.29, 0.717) is 27.1 Å². The van der Waals surface area contributed by atoms with Crippen molar-refractivity contribution >= 4 is 51.0 Å². The standard InChI is InChI=1S/C31H23Cl2N3O4S/c32-23-15-17-26(28(33)19-23)30-18-16-24(40-30)20-34-35-31(37)27-13-7-8-14-29(27)36(21-22-9-3-1-4-10-22)41(38,39)25-11-5-2-6-12-25/h1-20H,21H2,(H,35,37)/b34-20-. The molecule has 1 amide bonds. The third-order valence-electron chi connectivity index (χ3n) is 6.10. The molecule has 0 aliphatic heterocycles. The number of para-hydroxylation sites is 1. The van der Waals surface area contributed by atoms with E-state index in [4.69, 9.17) is 27.6 Å². The van der Waals surface area contributed by atoms with Gasteiger partial charge >= 0.3 is 0 Å². The number of sulfonamides is 1. The highest BCUT2D eigenvalue weighted by molar-refractivity contribution is 7.92. The normalized spacial score (nSPS) is 11.5. The topological polar surface area (TPSA) is 92.0 Å². The zero-order valence-corrected chi connectivity index (χ0v) is 23.8. The van der Waals surface area contributed by atoms with Gasteiger partial charge in [-0.2, -0.15) is 5.10 Å². The van der Waals surface area contributed by atoms with Crippen LogP contribution in [0.4, 0.5) is 5.69 Å². The van der Waals surface area contributed by atoms with Gasteiger partial charge in [-0.15, -0.1) is 0 Å². The fourth-order valence-electron chi connectivity index (χ4n) is 4.12. The van der Waals surface area contributed by atoms with Gasteiger partial charge in [0, 0.05) is 10.6 Å². The molecule has 0 radical (unpaired) electrons. The van der Waals surface area contributed by atoms with E-state index in [1.54, 1.807) is 72.8 Å². The SMILES string of the molecule is O=C(N/N=C\c1ccc(-c2ccc(Cl)cc2Cl)o1)c1ccccc1N(Cc1ccccc1)S(=O)(=O)c1ccccc1. The maximum Gasteiger partial charge on any atom is 0.273 e. The molecule has 5 rings (SSSR count). The first-order valence-electron chi connectivity index (χ1n) is 12.4. The summed E-state index contributed by atoms with van der Waals surface area (Å²) in [4.78, 5) is 13.4. The molecule has 0 atom stereocenters. The summed E-state index contributed by atoms with van der Waals surface area (Å²) >= 11 is 12.2. The van der Waals surface area contributed by atoms with Crippen LogP contribution in [0.5, 0.6) is 0 Å². The minimum atomic E-state index is -4.02. The van der Waals surface area contributed by atoms with Crippen LogP contribution in [0.1, 0.15) is 21.7 Å². The van der Waals surface area contributed by atoms with E-state index in [2.05, 4.69) is 10.5 Å². The fraction of sp³-hybridized carbons (Fsp3) is 0.0323. The Kier molecular flexibility index (Phi) is 8.54. The Labute approximate surface area is 247 Å². The Hall–Kier alpha value is -4.37. The summed E-state index contributed by atoms with van der Waals surface area (Å²) in [6.07, 6.45) is 1.34. The number of hydrazone groups is 1. The molecule has 206 valence electrons. The van der Waals surface area contributed by atoms with Gasteiger partial charge in [0.15, 0.2) is 0 Å². The first kappa shape index (κ1) is 28.2. The van der Waals surface area contributed by atoms with Crippen LogP contribution in [0.25, 0.3) is 11.3 Å². The first-order chi connectivity index (χ1) is 19.8. The monoisotopic (exact) mass is 603 g/mol. The second-order valence-corrected chi connectivity index (χ2v) is 11.6. The van der Waals surface area contributed by atoms with Crippen molar-refractivity contribution in [2.45, 2.75) is 11.4 Å². The van der Waals surface area contributed by atoms with Gasteiger partial charge in [0.05, 0.1) is 33.9 Å². The third kappa shape index (κ3) is 6.52. The van der Waals surface area contributed by atoms with E-state index < -0.39 is 15.9 Å². The molecular formula is C31H23Cl2N3O4S. The van der Waals surface area contributed by atoms with E-state index in [0.717, 1.165) is 5.56 Å². The van der Waals surface area contributed by atoms with Gasteiger partial charge in [0.25, 0.3) is 15.9 Å². The van der Waals surface area contributed by atoms with Crippen molar-refractivity contribution in [3.05, 3.63) is 142 Å². The molecule has 4 aromatic carbocycles. The molecule has 41 heavy (non-hydrogen) atoms. The van der Waals surface area contributed by atoms with Gasteiger partial charge < -0.3 is 4.42 Å². The molecule has 1 heterocycles. The molecule has 10 heteroatoms. The Morgan fingerprint density at radius 2 is 1.54 bits per heavy atom. The van der Waals surface area contributed by atoms with Crippen LogP contribution in [-0.4, -0.2) is 20.5 Å². The maximum atomic E-state index is 13.8. The van der Waals surface area contributed by atoms with Gasteiger partial charge in [0.2, 0.25) is 0 Å². The number of furan rings is 1. The molecule has 0 fully saturated rings. The maximum absolute atomic E-state index is 13.8. The number of amides is 1. The van der Waals surface area contributed by atoms with Crippen LogP contribution in [-0.2, 0) is 16.6 Å². The largest absolute Gasteiger partial charge is 0.455 e. The van der Waals surface area contributed by atoms with Gasteiger partial charge in [0.1, 0.15) is 11.5 Å². The number of benzene rings is 4. The van der Waals surface area contributed by atoms with Crippen LogP contribution < -0.4 is 9.73 Å². The van der Waals surface area contributed by atoms with Crippen LogP contribution in [0.3, 0.4) is 0 Å². The predicted octanol–water partition coefficient (Wildman–Crippen LogP) is 7.41. The average Bonchev–Trinajstić information content (AvgIpc) is 3.45. The number of nitrogens with one attached hydrogen (secondary N) is 1. The Bertz CT molecular complexity index is 1810. The second kappa shape index (κ2) is 12.4. The summed E-state index contributed by atoms with van der Waals surface area (Å²) in [5, 5.41) is 4.97.